The maximum atomic E-state index is 4.23. The van der Waals surface area contributed by atoms with E-state index in [1.54, 1.807) is 0 Å². The van der Waals surface area contributed by atoms with Gasteiger partial charge in [-0.15, -0.1) is 0 Å². The van der Waals surface area contributed by atoms with Crippen molar-refractivity contribution in [1.82, 2.24) is 19.0 Å². The molecule has 2 unspecified atom stereocenters. The van der Waals surface area contributed by atoms with Gasteiger partial charge in [0.05, 0.1) is 17.4 Å². The van der Waals surface area contributed by atoms with E-state index in [9.17, 15) is 0 Å². The predicted molar refractivity (Wildman–Crippen MR) is 71.8 cm³/mol. The van der Waals surface area contributed by atoms with Gasteiger partial charge in [-0.25, -0.2) is 4.99 Å². The zero-order valence-electron chi connectivity index (χ0n) is 10.2. The van der Waals surface area contributed by atoms with Gasteiger partial charge in [0.1, 0.15) is 5.69 Å². The molecule has 0 aromatic carbocycles. The molecule has 5 nitrogen and oxygen atoms in total. The molecule has 0 saturated carbocycles. The third-order valence-electron chi connectivity index (χ3n) is 3.20. The van der Waals surface area contributed by atoms with Gasteiger partial charge >= 0.3 is 0 Å². The Hall–Kier alpha value is -1.27. The fraction of sp³-hybridized carbons (Fsp3) is 0.545. The molecule has 0 aliphatic carbocycles. The first-order chi connectivity index (χ1) is 8.13. The molecule has 2 heterocycles. The molecule has 1 aromatic heterocycles. The number of rotatable bonds is 4. The van der Waals surface area contributed by atoms with Gasteiger partial charge in [0.25, 0.3) is 0 Å². The molecule has 1 aromatic rings. The molecule has 1 aliphatic heterocycles. The Morgan fingerprint density at radius 1 is 1.59 bits per heavy atom. The number of likely N-dealkylation sites (N-methyl/N-ethyl adjacent to an activating group) is 1. The Balaban J connectivity index is 2.12. The SMILES string of the molecule is C=Nc1nsnc1C(=C)N(C)C1CNC(C)C1. The number of hydrogen-bond donors (Lipinski definition) is 1. The number of aliphatic imine (C=N–C) groups is 1. The Kier molecular flexibility index (Phi) is 3.54. The van der Waals surface area contributed by atoms with E-state index in [0.717, 1.165) is 36.1 Å². The van der Waals surface area contributed by atoms with E-state index in [4.69, 9.17) is 0 Å². The van der Waals surface area contributed by atoms with Crippen LogP contribution in [-0.4, -0.2) is 46.0 Å². The minimum Gasteiger partial charge on any atom is -0.369 e. The molecule has 0 spiro atoms. The molecule has 2 atom stereocenters. The fourth-order valence-corrected chi connectivity index (χ4v) is 2.59. The van der Waals surface area contributed by atoms with Crippen LogP contribution in [0.15, 0.2) is 11.6 Å². The maximum absolute atomic E-state index is 4.23. The molecule has 2 rings (SSSR count). The summed E-state index contributed by atoms with van der Waals surface area (Å²) in [6.45, 7) is 10.8. The van der Waals surface area contributed by atoms with Crippen LogP contribution in [0.4, 0.5) is 5.82 Å². The monoisotopic (exact) mass is 251 g/mol. The fourth-order valence-electron chi connectivity index (χ4n) is 2.06. The van der Waals surface area contributed by atoms with Crippen LogP contribution in [0.25, 0.3) is 5.70 Å². The quantitative estimate of drug-likeness (QED) is 0.824. The summed E-state index contributed by atoms with van der Waals surface area (Å²) in [6, 6.07) is 1.01. The van der Waals surface area contributed by atoms with Gasteiger partial charge in [-0.1, -0.05) is 6.58 Å². The van der Waals surface area contributed by atoms with Crippen molar-refractivity contribution in [2.45, 2.75) is 25.4 Å². The minimum atomic E-state index is 0.455. The van der Waals surface area contributed by atoms with Crippen LogP contribution in [0, 0.1) is 0 Å². The zero-order chi connectivity index (χ0) is 12.4. The van der Waals surface area contributed by atoms with Gasteiger partial charge in [0.2, 0.25) is 0 Å². The molecule has 6 heteroatoms. The number of nitrogens with zero attached hydrogens (tertiary/aromatic N) is 4. The van der Waals surface area contributed by atoms with Gasteiger partial charge in [-0.3, -0.25) is 0 Å². The number of aromatic nitrogens is 2. The van der Waals surface area contributed by atoms with E-state index in [1.807, 2.05) is 7.05 Å². The molecular formula is C11H17N5S. The lowest BCUT2D eigenvalue weighted by Gasteiger charge is -2.27. The van der Waals surface area contributed by atoms with Crippen LogP contribution < -0.4 is 5.32 Å². The molecule has 92 valence electrons. The second kappa shape index (κ2) is 4.93. The lowest BCUT2D eigenvalue weighted by atomic mass is 10.1. The van der Waals surface area contributed by atoms with Crippen LogP contribution >= 0.6 is 11.7 Å². The second-order valence-corrected chi connectivity index (χ2v) is 4.88. The van der Waals surface area contributed by atoms with Gasteiger partial charge < -0.3 is 10.2 Å². The Morgan fingerprint density at radius 2 is 2.35 bits per heavy atom. The molecule has 0 amide bonds. The summed E-state index contributed by atoms with van der Waals surface area (Å²) in [5, 5.41) is 3.43. The van der Waals surface area contributed by atoms with Crippen molar-refractivity contribution in [1.29, 1.82) is 0 Å². The standard InChI is InChI=1S/C11H17N5S/c1-7-5-9(6-13-7)16(4)8(2)10-11(12-3)15-17-14-10/h7,9,13H,2-3,5-6H2,1,4H3. The zero-order valence-corrected chi connectivity index (χ0v) is 11.0. The lowest BCUT2D eigenvalue weighted by molar-refractivity contribution is 0.366. The highest BCUT2D eigenvalue weighted by Crippen LogP contribution is 2.27. The van der Waals surface area contributed by atoms with Crippen molar-refractivity contribution < 1.29 is 0 Å². The summed E-state index contributed by atoms with van der Waals surface area (Å²) in [5.74, 6) is 0.575. The largest absolute Gasteiger partial charge is 0.369 e. The third-order valence-corrected chi connectivity index (χ3v) is 3.71. The molecule has 1 aliphatic rings. The molecule has 1 N–H and O–H groups in total. The summed E-state index contributed by atoms with van der Waals surface area (Å²) in [4.78, 5) is 6.01. The van der Waals surface area contributed by atoms with Crippen LogP contribution in [0.5, 0.6) is 0 Å². The number of nitrogens with one attached hydrogen (secondary N) is 1. The normalized spacial score (nSPS) is 23.6. The van der Waals surface area contributed by atoms with Crippen molar-refractivity contribution in [2.75, 3.05) is 13.6 Å². The van der Waals surface area contributed by atoms with Crippen molar-refractivity contribution in [3.8, 4) is 0 Å². The van der Waals surface area contributed by atoms with E-state index < -0.39 is 0 Å². The van der Waals surface area contributed by atoms with Crippen LogP contribution in [0.3, 0.4) is 0 Å². The molecule has 1 fully saturated rings. The lowest BCUT2D eigenvalue weighted by Crippen LogP contribution is -2.31. The molecule has 17 heavy (non-hydrogen) atoms. The van der Waals surface area contributed by atoms with E-state index in [-0.39, 0.29) is 0 Å². The smallest absolute Gasteiger partial charge is 0.194 e. The third kappa shape index (κ3) is 2.37. The van der Waals surface area contributed by atoms with E-state index >= 15 is 0 Å². The highest BCUT2D eigenvalue weighted by atomic mass is 32.1. The average molecular weight is 251 g/mol. The summed E-state index contributed by atoms with van der Waals surface area (Å²) in [7, 11) is 2.04. The van der Waals surface area contributed by atoms with Gasteiger partial charge in [0, 0.05) is 25.7 Å². The number of hydrogen-bond acceptors (Lipinski definition) is 6. The van der Waals surface area contributed by atoms with E-state index in [1.165, 1.54) is 0 Å². The van der Waals surface area contributed by atoms with Crippen LogP contribution in [-0.2, 0) is 0 Å². The summed E-state index contributed by atoms with van der Waals surface area (Å²) >= 11 is 1.14. The Morgan fingerprint density at radius 3 is 2.94 bits per heavy atom. The van der Waals surface area contributed by atoms with Crippen molar-refractivity contribution in [2.24, 2.45) is 4.99 Å². The Labute approximate surface area is 106 Å². The molecule has 0 bridgehead atoms. The van der Waals surface area contributed by atoms with E-state index in [0.29, 0.717) is 17.9 Å². The highest BCUT2D eigenvalue weighted by molar-refractivity contribution is 6.99. The first-order valence-corrected chi connectivity index (χ1v) is 6.31. The summed E-state index contributed by atoms with van der Waals surface area (Å²) in [5.41, 5.74) is 1.61. The van der Waals surface area contributed by atoms with Crippen molar-refractivity contribution >= 4 is 30.0 Å². The molecule has 0 radical (unpaired) electrons. The molecule has 1 saturated heterocycles. The predicted octanol–water partition coefficient (Wildman–Crippen LogP) is 1.52. The van der Waals surface area contributed by atoms with Crippen LogP contribution in [0.2, 0.25) is 0 Å². The molecular weight excluding hydrogens is 234 g/mol. The van der Waals surface area contributed by atoms with Crippen molar-refractivity contribution in [3.05, 3.63) is 12.3 Å². The summed E-state index contributed by atoms with van der Waals surface area (Å²) < 4.78 is 8.31. The summed E-state index contributed by atoms with van der Waals surface area (Å²) in [6.07, 6.45) is 1.12. The maximum Gasteiger partial charge on any atom is 0.194 e. The topological polar surface area (TPSA) is 53.4 Å². The average Bonchev–Trinajstić information content (AvgIpc) is 2.95. The first kappa shape index (κ1) is 12.2. The van der Waals surface area contributed by atoms with E-state index in [2.05, 4.69) is 44.2 Å². The van der Waals surface area contributed by atoms with Crippen molar-refractivity contribution in [3.63, 3.8) is 0 Å². The van der Waals surface area contributed by atoms with Crippen LogP contribution in [0.1, 0.15) is 19.0 Å². The van der Waals surface area contributed by atoms with Gasteiger partial charge in [-0.2, -0.15) is 8.75 Å². The van der Waals surface area contributed by atoms with Gasteiger partial charge in [-0.05, 0) is 20.1 Å². The highest BCUT2D eigenvalue weighted by Gasteiger charge is 2.26. The second-order valence-electron chi connectivity index (χ2n) is 4.35. The Bertz CT molecular complexity index is 427. The van der Waals surface area contributed by atoms with Gasteiger partial charge in [0.15, 0.2) is 5.82 Å². The first-order valence-electron chi connectivity index (χ1n) is 5.58. The minimum absolute atomic E-state index is 0.455.